The number of rotatable bonds is 5. The van der Waals surface area contributed by atoms with Crippen LogP contribution < -0.4 is 0 Å². The highest BCUT2D eigenvalue weighted by molar-refractivity contribution is 6.31. The molecule has 0 spiro atoms. The van der Waals surface area contributed by atoms with Crippen LogP contribution in [0.4, 0.5) is 0 Å². The molecule has 25 heavy (non-hydrogen) atoms. The average Bonchev–Trinajstić information content (AvgIpc) is 3.12. The summed E-state index contributed by atoms with van der Waals surface area (Å²) in [5.74, 6) is -0.116. The fourth-order valence-corrected chi connectivity index (χ4v) is 2.83. The van der Waals surface area contributed by atoms with Crippen LogP contribution in [0.1, 0.15) is 32.7 Å². The molecule has 2 heterocycles. The first-order chi connectivity index (χ1) is 11.9. The van der Waals surface area contributed by atoms with Crippen LogP contribution in [0.25, 0.3) is 6.08 Å². The first kappa shape index (κ1) is 17.2. The number of nitrogens with zero attached hydrogens (tertiary/aromatic N) is 4. The van der Waals surface area contributed by atoms with Gasteiger partial charge in [-0.05, 0) is 31.6 Å². The van der Waals surface area contributed by atoms with E-state index in [-0.39, 0.29) is 5.78 Å². The second-order valence-electron chi connectivity index (χ2n) is 6.03. The minimum absolute atomic E-state index is 0.116. The predicted octanol–water partition coefficient (Wildman–Crippen LogP) is 3.83. The molecule has 0 aliphatic carbocycles. The second-order valence-corrected chi connectivity index (χ2v) is 6.39. The van der Waals surface area contributed by atoms with Gasteiger partial charge in [0.25, 0.3) is 0 Å². The molecular formula is C19H19ClN4O. The molecule has 0 unspecified atom stereocenters. The SMILES string of the molecule is Cc1ccc(Cn2nc(C)c(C=CC(=O)c3cnn(C)c3)c2Cl)cc1. The van der Waals surface area contributed by atoms with E-state index in [1.807, 2.05) is 6.92 Å². The molecule has 0 amide bonds. The summed E-state index contributed by atoms with van der Waals surface area (Å²) < 4.78 is 3.34. The van der Waals surface area contributed by atoms with Gasteiger partial charge in [-0.15, -0.1) is 0 Å². The van der Waals surface area contributed by atoms with Gasteiger partial charge in [0.15, 0.2) is 5.78 Å². The van der Waals surface area contributed by atoms with E-state index >= 15 is 0 Å². The first-order valence-electron chi connectivity index (χ1n) is 7.93. The van der Waals surface area contributed by atoms with E-state index in [9.17, 15) is 4.79 Å². The van der Waals surface area contributed by atoms with Crippen LogP contribution in [0.2, 0.25) is 5.15 Å². The molecular weight excluding hydrogens is 336 g/mol. The summed E-state index contributed by atoms with van der Waals surface area (Å²) >= 11 is 6.47. The van der Waals surface area contributed by atoms with Crippen molar-refractivity contribution < 1.29 is 4.79 Å². The monoisotopic (exact) mass is 354 g/mol. The van der Waals surface area contributed by atoms with E-state index < -0.39 is 0 Å². The van der Waals surface area contributed by atoms with Gasteiger partial charge < -0.3 is 0 Å². The zero-order chi connectivity index (χ0) is 18.0. The number of hydrogen-bond acceptors (Lipinski definition) is 3. The van der Waals surface area contributed by atoms with Crippen LogP contribution in [-0.2, 0) is 13.6 Å². The second kappa shape index (κ2) is 7.07. The Morgan fingerprint density at radius 2 is 1.96 bits per heavy atom. The molecule has 128 valence electrons. The van der Waals surface area contributed by atoms with E-state index in [4.69, 9.17) is 11.6 Å². The van der Waals surface area contributed by atoms with Crippen molar-refractivity contribution >= 4 is 23.5 Å². The normalized spacial score (nSPS) is 11.4. The lowest BCUT2D eigenvalue weighted by molar-refractivity contribution is 0.104. The van der Waals surface area contributed by atoms with E-state index in [1.165, 1.54) is 11.6 Å². The van der Waals surface area contributed by atoms with Crippen LogP contribution in [-0.4, -0.2) is 25.3 Å². The van der Waals surface area contributed by atoms with Gasteiger partial charge >= 0.3 is 0 Å². The summed E-state index contributed by atoms with van der Waals surface area (Å²) in [6.07, 6.45) is 6.44. The van der Waals surface area contributed by atoms with Gasteiger partial charge in [-0.3, -0.25) is 9.48 Å². The molecule has 0 saturated heterocycles. The lowest BCUT2D eigenvalue weighted by Gasteiger charge is -2.04. The van der Waals surface area contributed by atoms with Gasteiger partial charge in [0, 0.05) is 18.8 Å². The maximum atomic E-state index is 12.2. The molecule has 1 aromatic carbocycles. The minimum Gasteiger partial charge on any atom is -0.289 e. The number of aromatic nitrogens is 4. The van der Waals surface area contributed by atoms with Gasteiger partial charge in [0.05, 0.1) is 24.0 Å². The largest absolute Gasteiger partial charge is 0.289 e. The van der Waals surface area contributed by atoms with Gasteiger partial charge in [-0.2, -0.15) is 10.2 Å². The third-order valence-corrected chi connectivity index (χ3v) is 4.35. The van der Waals surface area contributed by atoms with Crippen molar-refractivity contribution in [3.05, 3.63) is 75.8 Å². The Morgan fingerprint density at radius 3 is 2.60 bits per heavy atom. The molecule has 0 saturated carbocycles. The van der Waals surface area contributed by atoms with Gasteiger partial charge in [0.1, 0.15) is 5.15 Å². The standard InChI is InChI=1S/C19H19ClN4O/c1-13-4-6-15(7-5-13)11-24-19(20)17(14(2)22-24)8-9-18(25)16-10-21-23(3)12-16/h4-10,12H,11H2,1-3H3. The molecule has 6 heteroatoms. The summed E-state index contributed by atoms with van der Waals surface area (Å²) in [5, 5.41) is 9.01. The molecule has 5 nitrogen and oxygen atoms in total. The number of halogens is 1. The summed E-state index contributed by atoms with van der Waals surface area (Å²) in [5.41, 5.74) is 4.42. The molecule has 0 radical (unpaired) electrons. The average molecular weight is 355 g/mol. The quantitative estimate of drug-likeness (QED) is 0.517. The summed E-state index contributed by atoms with van der Waals surface area (Å²) in [6, 6.07) is 8.24. The molecule has 3 aromatic rings. The Labute approximate surface area is 151 Å². The van der Waals surface area contributed by atoms with Crippen molar-refractivity contribution in [2.45, 2.75) is 20.4 Å². The van der Waals surface area contributed by atoms with E-state index in [2.05, 4.69) is 41.4 Å². The Morgan fingerprint density at radius 1 is 1.24 bits per heavy atom. The molecule has 0 bridgehead atoms. The van der Waals surface area contributed by atoms with Crippen molar-refractivity contribution in [3.8, 4) is 0 Å². The molecule has 0 N–H and O–H groups in total. The highest BCUT2D eigenvalue weighted by Gasteiger charge is 2.12. The van der Waals surface area contributed by atoms with Crippen molar-refractivity contribution in [1.29, 1.82) is 0 Å². The molecule has 3 rings (SSSR count). The summed E-state index contributed by atoms with van der Waals surface area (Å²) in [6.45, 7) is 4.52. The highest BCUT2D eigenvalue weighted by atomic mass is 35.5. The van der Waals surface area contributed by atoms with Crippen LogP contribution in [0.3, 0.4) is 0 Å². The van der Waals surface area contributed by atoms with Crippen molar-refractivity contribution in [2.75, 3.05) is 0 Å². The summed E-state index contributed by atoms with van der Waals surface area (Å²) in [7, 11) is 1.77. The van der Waals surface area contributed by atoms with E-state index in [0.717, 1.165) is 16.8 Å². The Bertz CT molecular complexity index is 935. The molecule has 0 atom stereocenters. The third-order valence-electron chi connectivity index (χ3n) is 3.95. The molecule has 2 aromatic heterocycles. The Kier molecular flexibility index (Phi) is 4.86. The van der Waals surface area contributed by atoms with Crippen LogP contribution in [0.15, 0.2) is 42.7 Å². The third kappa shape index (κ3) is 3.88. The van der Waals surface area contributed by atoms with Gasteiger partial charge in [-0.1, -0.05) is 41.4 Å². The van der Waals surface area contributed by atoms with Crippen molar-refractivity contribution in [1.82, 2.24) is 19.6 Å². The Balaban J connectivity index is 1.80. The van der Waals surface area contributed by atoms with Crippen molar-refractivity contribution in [3.63, 3.8) is 0 Å². The first-order valence-corrected chi connectivity index (χ1v) is 8.31. The number of benzene rings is 1. The topological polar surface area (TPSA) is 52.7 Å². The van der Waals surface area contributed by atoms with E-state index in [0.29, 0.717) is 17.3 Å². The molecule has 0 aliphatic rings. The van der Waals surface area contributed by atoms with Crippen LogP contribution >= 0.6 is 11.6 Å². The fraction of sp³-hybridized carbons (Fsp3) is 0.211. The van der Waals surface area contributed by atoms with Crippen molar-refractivity contribution in [2.24, 2.45) is 7.05 Å². The van der Waals surface area contributed by atoms with Gasteiger partial charge in [0.2, 0.25) is 0 Å². The number of allylic oxidation sites excluding steroid dienone is 1. The molecule has 0 aliphatic heterocycles. The van der Waals surface area contributed by atoms with E-state index in [1.54, 1.807) is 34.9 Å². The predicted molar refractivity (Wildman–Crippen MR) is 98.8 cm³/mol. The van der Waals surface area contributed by atoms with Crippen LogP contribution in [0.5, 0.6) is 0 Å². The number of carbonyl (C=O) groups is 1. The fourth-order valence-electron chi connectivity index (χ4n) is 2.53. The highest BCUT2D eigenvalue weighted by Crippen LogP contribution is 2.22. The number of carbonyl (C=O) groups excluding carboxylic acids is 1. The minimum atomic E-state index is -0.116. The number of hydrogen-bond donors (Lipinski definition) is 0. The maximum Gasteiger partial charge on any atom is 0.189 e. The maximum absolute atomic E-state index is 12.2. The summed E-state index contributed by atoms with van der Waals surface area (Å²) in [4.78, 5) is 12.2. The number of ketones is 1. The smallest absolute Gasteiger partial charge is 0.189 e. The number of aryl methyl sites for hydroxylation is 3. The van der Waals surface area contributed by atoms with Gasteiger partial charge in [-0.25, -0.2) is 4.68 Å². The van der Waals surface area contributed by atoms with Crippen LogP contribution in [0, 0.1) is 13.8 Å². The zero-order valence-corrected chi connectivity index (χ0v) is 15.2. The Hall–Kier alpha value is -2.66. The zero-order valence-electron chi connectivity index (χ0n) is 14.4. The lowest BCUT2D eigenvalue weighted by Crippen LogP contribution is -2.02. The molecule has 0 fully saturated rings. The lowest BCUT2D eigenvalue weighted by atomic mass is 10.1.